The number of aliphatic hydroxyl groups excluding tert-OH is 1. The fourth-order valence-electron chi connectivity index (χ4n) is 2.95. The average Bonchev–Trinajstić information content (AvgIpc) is 2.91. The van der Waals surface area contributed by atoms with Gasteiger partial charge >= 0.3 is 6.18 Å². The summed E-state index contributed by atoms with van der Waals surface area (Å²) in [4.78, 5) is 1.68. The molecular formula is C14H24F3NO3. The summed E-state index contributed by atoms with van der Waals surface area (Å²) in [5.41, 5.74) is 0. The Morgan fingerprint density at radius 2 is 2.10 bits per heavy atom. The zero-order chi connectivity index (χ0) is 15.3. The van der Waals surface area contributed by atoms with E-state index >= 15 is 0 Å². The molecule has 21 heavy (non-hydrogen) atoms. The van der Waals surface area contributed by atoms with Crippen LogP contribution in [0.2, 0.25) is 0 Å². The van der Waals surface area contributed by atoms with E-state index in [0.29, 0.717) is 19.6 Å². The molecule has 2 aliphatic heterocycles. The van der Waals surface area contributed by atoms with E-state index in [9.17, 15) is 18.3 Å². The minimum atomic E-state index is -4.14. The summed E-state index contributed by atoms with van der Waals surface area (Å²) in [7, 11) is 0. The van der Waals surface area contributed by atoms with Gasteiger partial charge in [0.2, 0.25) is 0 Å². The molecule has 2 rings (SSSR count). The Balaban J connectivity index is 1.63. The van der Waals surface area contributed by atoms with Gasteiger partial charge in [0.05, 0.1) is 31.3 Å². The van der Waals surface area contributed by atoms with Crippen molar-refractivity contribution in [2.24, 2.45) is 5.92 Å². The van der Waals surface area contributed by atoms with Crippen LogP contribution in [0, 0.1) is 5.92 Å². The van der Waals surface area contributed by atoms with Crippen molar-refractivity contribution in [1.82, 2.24) is 4.90 Å². The number of hydrogen-bond donors (Lipinski definition) is 1. The molecule has 1 N–H and O–H groups in total. The van der Waals surface area contributed by atoms with Gasteiger partial charge in [-0.25, -0.2) is 0 Å². The molecule has 2 aliphatic rings. The number of nitrogens with zero attached hydrogens (tertiary/aromatic N) is 1. The van der Waals surface area contributed by atoms with Crippen LogP contribution >= 0.6 is 0 Å². The number of hydrogen-bond acceptors (Lipinski definition) is 4. The lowest BCUT2D eigenvalue weighted by Crippen LogP contribution is -2.45. The quantitative estimate of drug-likeness (QED) is 0.812. The van der Waals surface area contributed by atoms with Crippen molar-refractivity contribution in [2.45, 2.75) is 44.1 Å². The Labute approximate surface area is 123 Å². The van der Waals surface area contributed by atoms with E-state index in [-0.39, 0.29) is 32.2 Å². The van der Waals surface area contributed by atoms with Gasteiger partial charge in [-0.15, -0.1) is 0 Å². The summed E-state index contributed by atoms with van der Waals surface area (Å²) >= 11 is 0. The van der Waals surface area contributed by atoms with E-state index in [0.717, 1.165) is 19.4 Å². The molecule has 0 spiro atoms. The first-order valence-electron chi connectivity index (χ1n) is 7.61. The van der Waals surface area contributed by atoms with Crippen molar-refractivity contribution in [3.05, 3.63) is 0 Å². The van der Waals surface area contributed by atoms with Crippen LogP contribution in [0.15, 0.2) is 0 Å². The van der Waals surface area contributed by atoms with E-state index in [1.54, 1.807) is 4.90 Å². The van der Waals surface area contributed by atoms with Crippen LogP contribution in [0.4, 0.5) is 13.2 Å². The van der Waals surface area contributed by atoms with Gasteiger partial charge in [-0.05, 0) is 32.2 Å². The van der Waals surface area contributed by atoms with Crippen LogP contribution in [0.1, 0.15) is 25.7 Å². The Hall–Kier alpha value is -0.370. The highest BCUT2D eigenvalue weighted by Gasteiger charge is 2.41. The predicted molar refractivity (Wildman–Crippen MR) is 71.0 cm³/mol. The standard InChI is InChI=1S/C14H24F3NO3/c15-14(16,17)11-3-1-5-18(7-11)8-12(19)9-20-10-13-4-2-6-21-13/h11-13,19H,1-10H2/t11-,12+,13+/m1/s1. The lowest BCUT2D eigenvalue weighted by atomic mass is 9.97. The number of likely N-dealkylation sites (tertiary alicyclic amines) is 1. The van der Waals surface area contributed by atoms with Gasteiger partial charge in [-0.1, -0.05) is 0 Å². The smallest absolute Gasteiger partial charge is 0.389 e. The number of aliphatic hydroxyl groups is 1. The van der Waals surface area contributed by atoms with Crippen LogP contribution in [0.3, 0.4) is 0 Å². The maximum absolute atomic E-state index is 12.7. The second-order valence-corrected chi connectivity index (χ2v) is 5.97. The summed E-state index contributed by atoms with van der Waals surface area (Å²) in [5.74, 6) is -1.27. The van der Waals surface area contributed by atoms with Crippen LogP contribution < -0.4 is 0 Å². The molecule has 0 aromatic heterocycles. The minimum Gasteiger partial charge on any atom is -0.389 e. The fraction of sp³-hybridized carbons (Fsp3) is 1.00. The Kier molecular flexibility index (Phi) is 6.28. The van der Waals surface area contributed by atoms with E-state index in [2.05, 4.69) is 0 Å². The summed E-state index contributed by atoms with van der Waals surface area (Å²) in [6, 6.07) is 0. The largest absolute Gasteiger partial charge is 0.393 e. The highest BCUT2D eigenvalue weighted by molar-refractivity contribution is 4.79. The SMILES string of the molecule is O[C@H](COC[C@@H]1CCCO1)CN1CCC[C@@H](C(F)(F)F)C1. The third-order valence-electron chi connectivity index (χ3n) is 4.08. The molecule has 2 heterocycles. The van der Waals surface area contributed by atoms with Gasteiger partial charge in [0.1, 0.15) is 0 Å². The highest BCUT2D eigenvalue weighted by atomic mass is 19.4. The topological polar surface area (TPSA) is 41.9 Å². The fourth-order valence-corrected chi connectivity index (χ4v) is 2.95. The number of ether oxygens (including phenoxy) is 2. The van der Waals surface area contributed by atoms with E-state index in [1.807, 2.05) is 0 Å². The van der Waals surface area contributed by atoms with E-state index in [1.165, 1.54) is 0 Å². The molecule has 4 nitrogen and oxygen atoms in total. The molecule has 2 saturated heterocycles. The van der Waals surface area contributed by atoms with Crippen molar-refractivity contribution in [3.8, 4) is 0 Å². The molecule has 7 heteroatoms. The monoisotopic (exact) mass is 311 g/mol. The van der Waals surface area contributed by atoms with E-state index in [4.69, 9.17) is 9.47 Å². The van der Waals surface area contributed by atoms with Crippen molar-refractivity contribution >= 4 is 0 Å². The molecule has 0 unspecified atom stereocenters. The normalized spacial score (nSPS) is 29.7. The van der Waals surface area contributed by atoms with Gasteiger partial charge in [0.15, 0.2) is 0 Å². The van der Waals surface area contributed by atoms with Crippen LogP contribution in [-0.2, 0) is 9.47 Å². The number of piperidine rings is 1. The average molecular weight is 311 g/mol. The van der Waals surface area contributed by atoms with Crippen molar-refractivity contribution in [2.75, 3.05) is 39.5 Å². The zero-order valence-electron chi connectivity index (χ0n) is 12.1. The minimum absolute atomic E-state index is 0.0215. The Morgan fingerprint density at radius 1 is 1.29 bits per heavy atom. The highest BCUT2D eigenvalue weighted by Crippen LogP contribution is 2.33. The van der Waals surface area contributed by atoms with E-state index < -0.39 is 18.2 Å². The van der Waals surface area contributed by atoms with Crippen molar-refractivity contribution < 1.29 is 27.8 Å². The molecule has 124 valence electrons. The number of β-amino-alcohol motifs (C(OH)–C–C–N with tert-alkyl or cyclic N) is 1. The molecule has 0 aromatic carbocycles. The molecule has 0 aromatic rings. The first-order chi connectivity index (χ1) is 9.95. The molecule has 0 saturated carbocycles. The van der Waals surface area contributed by atoms with Crippen LogP contribution in [0.25, 0.3) is 0 Å². The third kappa shape index (κ3) is 5.73. The van der Waals surface area contributed by atoms with Gasteiger partial charge in [0, 0.05) is 19.7 Å². The lowest BCUT2D eigenvalue weighted by molar-refractivity contribution is -0.187. The summed E-state index contributed by atoms with van der Waals surface area (Å²) in [6.45, 7) is 2.16. The molecule has 0 aliphatic carbocycles. The molecule has 0 amide bonds. The van der Waals surface area contributed by atoms with Gasteiger partial charge < -0.3 is 19.5 Å². The first-order valence-corrected chi connectivity index (χ1v) is 7.61. The zero-order valence-corrected chi connectivity index (χ0v) is 12.1. The number of halogens is 3. The Bertz CT molecular complexity index is 308. The molecule has 0 radical (unpaired) electrons. The summed E-state index contributed by atoms with van der Waals surface area (Å²) in [6.07, 6.45) is -2.09. The van der Waals surface area contributed by atoms with Gasteiger partial charge in [0.25, 0.3) is 0 Å². The molecular weight excluding hydrogens is 287 g/mol. The Morgan fingerprint density at radius 3 is 2.76 bits per heavy atom. The molecule has 2 fully saturated rings. The van der Waals surface area contributed by atoms with Crippen LogP contribution in [-0.4, -0.2) is 67.8 Å². The predicted octanol–water partition coefficient (Wildman–Crippen LogP) is 1.82. The van der Waals surface area contributed by atoms with Crippen molar-refractivity contribution in [3.63, 3.8) is 0 Å². The van der Waals surface area contributed by atoms with Gasteiger partial charge in [-0.3, -0.25) is 0 Å². The first kappa shape index (κ1) is 17.0. The van der Waals surface area contributed by atoms with Gasteiger partial charge in [-0.2, -0.15) is 13.2 Å². The summed E-state index contributed by atoms with van der Waals surface area (Å²) < 4.78 is 48.9. The second kappa shape index (κ2) is 7.76. The van der Waals surface area contributed by atoms with Crippen molar-refractivity contribution in [1.29, 1.82) is 0 Å². The molecule has 0 bridgehead atoms. The maximum atomic E-state index is 12.7. The molecule has 3 atom stereocenters. The summed E-state index contributed by atoms with van der Waals surface area (Å²) in [5, 5.41) is 9.88. The third-order valence-corrected chi connectivity index (χ3v) is 4.08. The maximum Gasteiger partial charge on any atom is 0.393 e. The number of alkyl halides is 3. The number of rotatable bonds is 6. The van der Waals surface area contributed by atoms with Crippen LogP contribution in [0.5, 0.6) is 0 Å². The second-order valence-electron chi connectivity index (χ2n) is 5.97. The lowest BCUT2D eigenvalue weighted by Gasteiger charge is -2.34.